The molecule has 0 aliphatic rings. The van der Waals surface area contributed by atoms with E-state index in [1.165, 1.54) is 49.7 Å². The molecule has 0 aromatic heterocycles. The predicted molar refractivity (Wildman–Crippen MR) is 105 cm³/mol. The van der Waals surface area contributed by atoms with Gasteiger partial charge >= 0.3 is 5.97 Å². The number of rotatable bonds is 14. The van der Waals surface area contributed by atoms with Crippen LogP contribution < -0.4 is 0 Å². The molecule has 0 aromatic carbocycles. The van der Waals surface area contributed by atoms with Gasteiger partial charge in [0.15, 0.2) is 0 Å². The van der Waals surface area contributed by atoms with Gasteiger partial charge in [-0.1, -0.05) is 76.2 Å². The van der Waals surface area contributed by atoms with Crippen LogP contribution in [-0.2, 0) is 4.79 Å². The maximum Gasteiger partial charge on any atom is 0.303 e. The zero-order chi connectivity index (χ0) is 18.4. The van der Waals surface area contributed by atoms with Crippen molar-refractivity contribution in [3.05, 3.63) is 23.3 Å². The summed E-state index contributed by atoms with van der Waals surface area (Å²) < 4.78 is 0. The smallest absolute Gasteiger partial charge is 0.303 e. The second kappa shape index (κ2) is 14.3. The molecule has 0 saturated heterocycles. The van der Waals surface area contributed by atoms with Crippen molar-refractivity contribution in [1.29, 1.82) is 0 Å². The minimum absolute atomic E-state index is 0.284. The largest absolute Gasteiger partial charge is 0.481 e. The third-order valence-electron chi connectivity index (χ3n) is 4.51. The van der Waals surface area contributed by atoms with E-state index in [0.29, 0.717) is 11.8 Å². The van der Waals surface area contributed by atoms with E-state index in [4.69, 9.17) is 5.11 Å². The summed E-state index contributed by atoms with van der Waals surface area (Å²) in [6, 6.07) is 0. The maximum absolute atomic E-state index is 10.6. The molecular weight excluding hydrogens is 296 g/mol. The molecule has 2 atom stereocenters. The molecule has 0 fully saturated rings. The summed E-state index contributed by atoms with van der Waals surface area (Å²) in [7, 11) is 0. The van der Waals surface area contributed by atoms with Crippen LogP contribution in [0.25, 0.3) is 0 Å². The average molecular weight is 337 g/mol. The first-order valence-corrected chi connectivity index (χ1v) is 9.91. The molecule has 2 nitrogen and oxygen atoms in total. The van der Waals surface area contributed by atoms with Crippen molar-refractivity contribution in [3.63, 3.8) is 0 Å². The number of aliphatic carboxylic acids is 1. The molecule has 0 aliphatic carbocycles. The lowest BCUT2D eigenvalue weighted by atomic mass is 9.95. The molecule has 24 heavy (non-hydrogen) atoms. The standard InChI is InChI=1S/C22H40O2/c1-6-7-8-9-10-12-18(2)15-20(4)17-21(5)16-19(3)13-11-14-22(23)24/h15-16,18-19H,6-14,17H2,1-5H3,(H,23,24)/b20-15-,21-16+/t18-,19+/m1/s1. The fourth-order valence-electron chi connectivity index (χ4n) is 3.34. The molecular formula is C22H40O2. The second-order valence-corrected chi connectivity index (χ2v) is 7.65. The number of carboxylic acid groups (broad SMARTS) is 1. The lowest BCUT2D eigenvalue weighted by molar-refractivity contribution is -0.137. The van der Waals surface area contributed by atoms with Gasteiger partial charge in [-0.25, -0.2) is 0 Å². The van der Waals surface area contributed by atoms with Crippen LogP contribution >= 0.6 is 0 Å². The first-order chi connectivity index (χ1) is 11.3. The molecule has 0 aliphatic heterocycles. The summed E-state index contributed by atoms with van der Waals surface area (Å²) in [4.78, 5) is 10.6. The van der Waals surface area contributed by atoms with Gasteiger partial charge < -0.3 is 5.11 Å². The van der Waals surface area contributed by atoms with E-state index >= 15 is 0 Å². The summed E-state index contributed by atoms with van der Waals surface area (Å²) in [5.74, 6) is 0.450. The zero-order valence-corrected chi connectivity index (χ0v) is 16.7. The summed E-state index contributed by atoms with van der Waals surface area (Å²) >= 11 is 0. The van der Waals surface area contributed by atoms with E-state index in [1.807, 2.05) is 0 Å². The van der Waals surface area contributed by atoms with Crippen LogP contribution in [0.3, 0.4) is 0 Å². The number of carbonyl (C=O) groups is 1. The topological polar surface area (TPSA) is 37.3 Å². The van der Waals surface area contributed by atoms with Gasteiger partial charge in [-0.3, -0.25) is 4.79 Å². The normalized spacial score (nSPS) is 15.4. The highest BCUT2D eigenvalue weighted by Crippen LogP contribution is 2.19. The van der Waals surface area contributed by atoms with Crippen LogP contribution in [0.15, 0.2) is 23.3 Å². The van der Waals surface area contributed by atoms with Crippen LogP contribution in [0.5, 0.6) is 0 Å². The monoisotopic (exact) mass is 336 g/mol. The molecule has 0 amide bonds. The molecule has 1 N–H and O–H groups in total. The van der Waals surface area contributed by atoms with E-state index in [1.54, 1.807) is 0 Å². The number of hydrogen-bond donors (Lipinski definition) is 1. The van der Waals surface area contributed by atoms with Crippen molar-refractivity contribution < 1.29 is 9.90 Å². The van der Waals surface area contributed by atoms with E-state index < -0.39 is 5.97 Å². The maximum atomic E-state index is 10.6. The molecule has 0 radical (unpaired) electrons. The minimum atomic E-state index is -0.689. The van der Waals surface area contributed by atoms with Crippen molar-refractivity contribution in [3.8, 4) is 0 Å². The van der Waals surface area contributed by atoms with Gasteiger partial charge in [0.2, 0.25) is 0 Å². The Kier molecular flexibility index (Phi) is 13.7. The Morgan fingerprint density at radius 3 is 1.88 bits per heavy atom. The molecule has 0 bridgehead atoms. The lowest BCUT2D eigenvalue weighted by Gasteiger charge is -2.11. The van der Waals surface area contributed by atoms with Crippen LogP contribution in [0, 0.1) is 11.8 Å². The lowest BCUT2D eigenvalue weighted by Crippen LogP contribution is -1.98. The number of hydrogen-bond acceptors (Lipinski definition) is 1. The summed E-state index contributed by atoms with van der Waals surface area (Å²) in [5, 5.41) is 8.69. The summed E-state index contributed by atoms with van der Waals surface area (Å²) in [6.45, 7) is 11.2. The van der Waals surface area contributed by atoms with Crippen molar-refractivity contribution in [2.24, 2.45) is 11.8 Å². The molecule has 0 spiro atoms. The Hall–Kier alpha value is -1.05. The highest BCUT2D eigenvalue weighted by Gasteiger charge is 2.04. The Labute approximate surface area is 150 Å². The molecule has 0 unspecified atom stereocenters. The summed E-state index contributed by atoms with van der Waals surface area (Å²) in [6.07, 6.45) is 15.9. The quantitative estimate of drug-likeness (QED) is 0.270. The Bertz CT molecular complexity index is 393. The van der Waals surface area contributed by atoms with Gasteiger partial charge in [0.25, 0.3) is 0 Å². The van der Waals surface area contributed by atoms with Gasteiger partial charge in [0.05, 0.1) is 0 Å². The number of unbranched alkanes of at least 4 members (excludes halogenated alkanes) is 4. The van der Waals surface area contributed by atoms with Crippen LogP contribution in [0.4, 0.5) is 0 Å². The zero-order valence-electron chi connectivity index (χ0n) is 16.7. The first-order valence-electron chi connectivity index (χ1n) is 9.91. The van der Waals surface area contributed by atoms with Crippen LogP contribution in [0.2, 0.25) is 0 Å². The fourth-order valence-corrected chi connectivity index (χ4v) is 3.34. The van der Waals surface area contributed by atoms with Crippen LogP contribution in [0.1, 0.15) is 98.8 Å². The van der Waals surface area contributed by atoms with Crippen molar-refractivity contribution in [2.45, 2.75) is 98.8 Å². The number of carboxylic acids is 1. The molecule has 0 heterocycles. The first kappa shape index (κ1) is 22.9. The molecule has 0 rings (SSSR count). The Balaban J connectivity index is 4.10. The van der Waals surface area contributed by atoms with Crippen LogP contribution in [-0.4, -0.2) is 11.1 Å². The van der Waals surface area contributed by atoms with Gasteiger partial charge in [-0.05, 0) is 51.4 Å². The minimum Gasteiger partial charge on any atom is -0.481 e. The highest BCUT2D eigenvalue weighted by molar-refractivity contribution is 5.66. The van der Waals surface area contributed by atoms with Crippen molar-refractivity contribution in [1.82, 2.24) is 0 Å². The second-order valence-electron chi connectivity index (χ2n) is 7.65. The van der Waals surface area contributed by atoms with E-state index in [9.17, 15) is 4.79 Å². The number of allylic oxidation sites excluding steroid dienone is 4. The van der Waals surface area contributed by atoms with E-state index in [0.717, 1.165) is 19.3 Å². The van der Waals surface area contributed by atoms with E-state index in [-0.39, 0.29) is 6.42 Å². The highest BCUT2D eigenvalue weighted by atomic mass is 16.4. The van der Waals surface area contributed by atoms with Gasteiger partial charge in [0, 0.05) is 6.42 Å². The molecule has 0 saturated carbocycles. The third kappa shape index (κ3) is 14.5. The summed E-state index contributed by atoms with van der Waals surface area (Å²) in [5.41, 5.74) is 2.87. The SMILES string of the molecule is CCCCCCC[C@@H](C)/C=C(/C)C/C(C)=C/[C@@H](C)CCCC(=O)O. The van der Waals surface area contributed by atoms with Gasteiger partial charge in [0.1, 0.15) is 0 Å². The molecule has 2 heteroatoms. The fraction of sp³-hybridized carbons (Fsp3) is 0.773. The predicted octanol–water partition coefficient (Wildman–Crippen LogP) is 7.16. The van der Waals surface area contributed by atoms with Crippen molar-refractivity contribution >= 4 is 5.97 Å². The Morgan fingerprint density at radius 1 is 0.875 bits per heavy atom. The van der Waals surface area contributed by atoms with Gasteiger partial charge in [-0.2, -0.15) is 0 Å². The third-order valence-corrected chi connectivity index (χ3v) is 4.51. The van der Waals surface area contributed by atoms with Crippen molar-refractivity contribution in [2.75, 3.05) is 0 Å². The van der Waals surface area contributed by atoms with E-state index in [2.05, 4.69) is 46.8 Å². The molecule has 0 aromatic rings. The average Bonchev–Trinajstić information content (AvgIpc) is 2.45. The Morgan fingerprint density at radius 2 is 1.38 bits per heavy atom. The molecule has 140 valence electrons. The van der Waals surface area contributed by atoms with Gasteiger partial charge in [-0.15, -0.1) is 0 Å².